The minimum absolute atomic E-state index is 0.0419. The normalized spacial score (nSPS) is 14.4. The summed E-state index contributed by atoms with van der Waals surface area (Å²) in [7, 11) is 0. The Balaban J connectivity index is 2.68. The number of hydrogen-bond acceptors (Lipinski definition) is 1. The van der Waals surface area contributed by atoms with Gasteiger partial charge < -0.3 is 5.32 Å². The van der Waals surface area contributed by atoms with E-state index in [0.717, 1.165) is 10.9 Å². The lowest BCUT2D eigenvalue weighted by Gasteiger charge is -2.21. The molecule has 1 aromatic carbocycles. The van der Waals surface area contributed by atoms with Gasteiger partial charge in [-0.3, -0.25) is 4.79 Å². The van der Waals surface area contributed by atoms with E-state index in [2.05, 4.69) is 35.1 Å². The van der Waals surface area contributed by atoms with Gasteiger partial charge in [0.1, 0.15) is 0 Å². The average molecular weight is 298 g/mol. The summed E-state index contributed by atoms with van der Waals surface area (Å²) in [6.45, 7) is 6.10. The fraction of sp³-hybridized carbons (Fsp3) is 0.500. The van der Waals surface area contributed by atoms with Gasteiger partial charge in [0, 0.05) is 11.2 Å². The van der Waals surface area contributed by atoms with Gasteiger partial charge in [0.2, 0.25) is 5.91 Å². The topological polar surface area (TPSA) is 29.1 Å². The largest absolute Gasteiger partial charge is 0.348 e. The molecule has 1 rings (SSSR count). The first-order valence-corrected chi connectivity index (χ1v) is 7.09. The van der Waals surface area contributed by atoms with Gasteiger partial charge in [-0.15, -0.1) is 0 Å². The lowest BCUT2D eigenvalue weighted by molar-refractivity contribution is -0.126. The van der Waals surface area contributed by atoms with Crippen molar-refractivity contribution in [3.05, 3.63) is 35.9 Å². The molecule has 0 heterocycles. The van der Waals surface area contributed by atoms with E-state index < -0.39 is 0 Å². The van der Waals surface area contributed by atoms with Gasteiger partial charge in [0.15, 0.2) is 0 Å². The number of halogens is 1. The van der Waals surface area contributed by atoms with Crippen LogP contribution < -0.4 is 5.32 Å². The van der Waals surface area contributed by atoms with Crippen molar-refractivity contribution in [3.8, 4) is 0 Å². The molecular formula is C14H20BrNO. The van der Waals surface area contributed by atoms with Gasteiger partial charge in [0.05, 0.1) is 6.04 Å². The van der Waals surface area contributed by atoms with Crippen molar-refractivity contribution >= 4 is 21.8 Å². The number of alkyl halides is 1. The number of rotatable bonds is 5. The zero-order chi connectivity index (χ0) is 12.8. The van der Waals surface area contributed by atoms with E-state index in [9.17, 15) is 4.79 Å². The van der Waals surface area contributed by atoms with Crippen LogP contribution in [0.2, 0.25) is 0 Å². The van der Waals surface area contributed by atoms with E-state index in [-0.39, 0.29) is 17.9 Å². The third-order valence-corrected chi connectivity index (χ3v) is 3.73. The number of amides is 1. The minimum atomic E-state index is 0.0419. The SMILES string of the molecule is CC(C)C(C)C(=O)NC(CBr)c1ccccc1. The molecule has 2 nitrogen and oxygen atoms in total. The maximum Gasteiger partial charge on any atom is 0.223 e. The summed E-state index contributed by atoms with van der Waals surface area (Å²) in [5, 5.41) is 3.81. The molecule has 1 amide bonds. The van der Waals surface area contributed by atoms with Crippen molar-refractivity contribution < 1.29 is 4.79 Å². The second-order valence-corrected chi connectivity index (χ2v) is 5.31. The first-order valence-electron chi connectivity index (χ1n) is 5.97. The van der Waals surface area contributed by atoms with Gasteiger partial charge in [-0.1, -0.05) is 67.0 Å². The smallest absolute Gasteiger partial charge is 0.223 e. The van der Waals surface area contributed by atoms with Crippen LogP contribution in [0, 0.1) is 11.8 Å². The molecule has 17 heavy (non-hydrogen) atoms. The number of carbonyl (C=O) groups is 1. The Morgan fingerprint density at radius 1 is 1.24 bits per heavy atom. The third kappa shape index (κ3) is 4.15. The summed E-state index contributed by atoms with van der Waals surface area (Å²) in [5.74, 6) is 0.523. The molecule has 0 saturated heterocycles. The molecular weight excluding hydrogens is 278 g/mol. The molecule has 0 aromatic heterocycles. The van der Waals surface area contributed by atoms with Crippen LogP contribution in [-0.4, -0.2) is 11.2 Å². The molecule has 2 atom stereocenters. The van der Waals surface area contributed by atoms with Crippen LogP contribution in [0.25, 0.3) is 0 Å². The molecule has 0 aliphatic carbocycles. The highest BCUT2D eigenvalue weighted by Gasteiger charge is 2.20. The van der Waals surface area contributed by atoms with E-state index in [4.69, 9.17) is 0 Å². The third-order valence-electron chi connectivity index (χ3n) is 3.09. The first-order chi connectivity index (χ1) is 8.06. The van der Waals surface area contributed by atoms with Crippen molar-refractivity contribution in [2.24, 2.45) is 11.8 Å². The standard InChI is InChI=1S/C14H20BrNO/c1-10(2)11(3)14(17)16-13(9-15)12-7-5-4-6-8-12/h4-8,10-11,13H,9H2,1-3H3,(H,16,17). The van der Waals surface area contributed by atoms with Crippen molar-refractivity contribution in [3.63, 3.8) is 0 Å². The number of nitrogens with one attached hydrogen (secondary N) is 1. The van der Waals surface area contributed by atoms with Gasteiger partial charge in [-0.25, -0.2) is 0 Å². The van der Waals surface area contributed by atoms with E-state index in [1.807, 2.05) is 37.3 Å². The number of hydrogen-bond donors (Lipinski definition) is 1. The zero-order valence-electron chi connectivity index (χ0n) is 10.6. The molecule has 3 heteroatoms. The predicted octanol–water partition coefficient (Wildman–Crippen LogP) is 3.53. The van der Waals surface area contributed by atoms with Crippen LogP contribution in [0.4, 0.5) is 0 Å². The summed E-state index contributed by atoms with van der Waals surface area (Å²) in [4.78, 5) is 12.0. The fourth-order valence-corrected chi connectivity index (χ4v) is 2.04. The van der Waals surface area contributed by atoms with Crippen LogP contribution in [0.3, 0.4) is 0 Å². The maximum atomic E-state index is 12.0. The Bertz CT molecular complexity index is 350. The molecule has 2 unspecified atom stereocenters. The summed E-state index contributed by atoms with van der Waals surface area (Å²) in [5.41, 5.74) is 1.13. The zero-order valence-corrected chi connectivity index (χ0v) is 12.2. The molecule has 0 spiro atoms. The van der Waals surface area contributed by atoms with E-state index in [1.165, 1.54) is 0 Å². The van der Waals surface area contributed by atoms with Crippen LogP contribution in [0.1, 0.15) is 32.4 Å². The van der Waals surface area contributed by atoms with Crippen LogP contribution >= 0.6 is 15.9 Å². The minimum Gasteiger partial charge on any atom is -0.348 e. The van der Waals surface area contributed by atoms with E-state index in [1.54, 1.807) is 0 Å². The quantitative estimate of drug-likeness (QED) is 0.828. The Labute approximate surface area is 112 Å². The Hall–Kier alpha value is -0.830. The Kier molecular flexibility index (Phi) is 5.69. The summed E-state index contributed by atoms with van der Waals surface area (Å²) in [6.07, 6.45) is 0. The van der Waals surface area contributed by atoms with Crippen LogP contribution in [0.15, 0.2) is 30.3 Å². The summed E-state index contributed by atoms with van der Waals surface area (Å²) < 4.78 is 0. The van der Waals surface area contributed by atoms with E-state index >= 15 is 0 Å². The second kappa shape index (κ2) is 6.80. The maximum absolute atomic E-state index is 12.0. The Morgan fingerprint density at radius 2 is 1.82 bits per heavy atom. The highest BCUT2D eigenvalue weighted by molar-refractivity contribution is 9.09. The average Bonchev–Trinajstić information content (AvgIpc) is 2.35. The van der Waals surface area contributed by atoms with Crippen LogP contribution in [-0.2, 0) is 4.79 Å². The highest BCUT2D eigenvalue weighted by Crippen LogP contribution is 2.17. The predicted molar refractivity (Wildman–Crippen MR) is 75.1 cm³/mol. The van der Waals surface area contributed by atoms with Crippen molar-refractivity contribution in [2.75, 3.05) is 5.33 Å². The molecule has 0 fully saturated rings. The monoisotopic (exact) mass is 297 g/mol. The lowest BCUT2D eigenvalue weighted by atomic mass is 9.96. The highest BCUT2D eigenvalue weighted by atomic mass is 79.9. The molecule has 94 valence electrons. The molecule has 0 saturated carbocycles. The lowest BCUT2D eigenvalue weighted by Crippen LogP contribution is -2.35. The second-order valence-electron chi connectivity index (χ2n) is 4.66. The van der Waals surface area contributed by atoms with Gasteiger partial charge >= 0.3 is 0 Å². The number of benzene rings is 1. The van der Waals surface area contributed by atoms with Crippen molar-refractivity contribution in [1.29, 1.82) is 0 Å². The first kappa shape index (κ1) is 14.2. The molecule has 1 N–H and O–H groups in total. The van der Waals surface area contributed by atoms with Gasteiger partial charge in [0.25, 0.3) is 0 Å². The van der Waals surface area contributed by atoms with Crippen molar-refractivity contribution in [1.82, 2.24) is 5.32 Å². The summed E-state index contributed by atoms with van der Waals surface area (Å²) in [6, 6.07) is 10.1. The molecule has 1 aromatic rings. The van der Waals surface area contributed by atoms with Gasteiger partial charge in [-0.05, 0) is 11.5 Å². The fourth-order valence-electron chi connectivity index (χ4n) is 1.50. The van der Waals surface area contributed by atoms with Gasteiger partial charge in [-0.2, -0.15) is 0 Å². The molecule has 0 bridgehead atoms. The molecule has 0 aliphatic heterocycles. The molecule has 0 radical (unpaired) electrons. The summed E-state index contributed by atoms with van der Waals surface area (Å²) >= 11 is 3.45. The van der Waals surface area contributed by atoms with Crippen molar-refractivity contribution in [2.45, 2.75) is 26.8 Å². The Morgan fingerprint density at radius 3 is 2.29 bits per heavy atom. The number of carbonyl (C=O) groups excluding carboxylic acids is 1. The molecule has 0 aliphatic rings. The van der Waals surface area contributed by atoms with E-state index in [0.29, 0.717) is 5.92 Å². The van der Waals surface area contributed by atoms with Crippen LogP contribution in [0.5, 0.6) is 0 Å².